The van der Waals surface area contributed by atoms with Crippen LogP contribution in [0.25, 0.3) is 0 Å². The third-order valence-electron chi connectivity index (χ3n) is 4.90. The predicted molar refractivity (Wildman–Crippen MR) is 106 cm³/mol. The smallest absolute Gasteiger partial charge is 0.258 e. The van der Waals surface area contributed by atoms with Crippen LogP contribution in [0.4, 0.5) is 17.5 Å². The first-order valence-electron chi connectivity index (χ1n) is 9.27. The van der Waals surface area contributed by atoms with Gasteiger partial charge in [-0.2, -0.15) is 4.98 Å². The Kier molecular flexibility index (Phi) is 5.17. The fraction of sp³-hybridized carbons (Fsp3) is 0.368. The van der Waals surface area contributed by atoms with Gasteiger partial charge in [-0.05, 0) is 12.1 Å². The number of morpholine rings is 1. The van der Waals surface area contributed by atoms with Gasteiger partial charge in [-0.1, -0.05) is 6.07 Å². The molecule has 10 nitrogen and oxygen atoms in total. The van der Waals surface area contributed by atoms with Gasteiger partial charge in [0, 0.05) is 31.3 Å². The van der Waals surface area contributed by atoms with Gasteiger partial charge in [-0.25, -0.2) is 0 Å². The second kappa shape index (κ2) is 7.92. The summed E-state index contributed by atoms with van der Waals surface area (Å²) in [7, 11) is 1.53. The zero-order chi connectivity index (χ0) is 20.4. The van der Waals surface area contributed by atoms with Crippen LogP contribution >= 0.6 is 0 Å². The van der Waals surface area contributed by atoms with Crippen LogP contribution in [-0.2, 0) is 14.3 Å². The molecule has 1 aromatic heterocycles. The summed E-state index contributed by atoms with van der Waals surface area (Å²) in [6.07, 6.45) is -0.134. The summed E-state index contributed by atoms with van der Waals surface area (Å²) in [6, 6.07) is 6.85. The maximum absolute atomic E-state index is 12.9. The summed E-state index contributed by atoms with van der Waals surface area (Å²) in [5, 5.41) is 5.37. The summed E-state index contributed by atoms with van der Waals surface area (Å²) >= 11 is 0. The van der Waals surface area contributed by atoms with Gasteiger partial charge in [0.25, 0.3) is 5.56 Å². The van der Waals surface area contributed by atoms with E-state index < -0.39 is 17.4 Å². The number of carbonyl (C=O) groups excluding carboxylic acids is 2. The van der Waals surface area contributed by atoms with Gasteiger partial charge >= 0.3 is 0 Å². The number of ether oxygens (including phenoxy) is 2. The summed E-state index contributed by atoms with van der Waals surface area (Å²) < 4.78 is 10.5. The van der Waals surface area contributed by atoms with Crippen molar-refractivity contribution in [3.8, 4) is 5.75 Å². The molecule has 0 unspecified atom stereocenters. The third-order valence-corrected chi connectivity index (χ3v) is 4.90. The fourth-order valence-electron chi connectivity index (χ4n) is 3.44. The number of anilines is 3. The van der Waals surface area contributed by atoms with Crippen LogP contribution in [0.15, 0.2) is 29.1 Å². The minimum absolute atomic E-state index is 0.122. The van der Waals surface area contributed by atoms with Crippen molar-refractivity contribution < 1.29 is 19.1 Å². The number of hydrogen-bond donors (Lipinski definition) is 3. The molecule has 3 heterocycles. The standard InChI is InChI=1S/C19H21N5O5/c1-28-12-4-2-3-11(9-12)20-17(26)13-10-14(25)21-16-15(13)18(27)23-19(22-16)24-5-7-29-8-6-24/h2-4,9,13H,5-8,10H2,1H3,(H,20,26)(H2,21,22,23,25,27)/t13-/m0/s1. The Bertz CT molecular complexity index is 999. The lowest BCUT2D eigenvalue weighted by atomic mass is 9.92. The van der Waals surface area contributed by atoms with Gasteiger partial charge in [-0.3, -0.25) is 19.4 Å². The highest BCUT2D eigenvalue weighted by atomic mass is 16.5. The van der Waals surface area contributed by atoms with E-state index in [1.54, 1.807) is 24.3 Å². The predicted octanol–water partition coefficient (Wildman–Crippen LogP) is 0.680. The van der Waals surface area contributed by atoms with Crippen molar-refractivity contribution in [1.82, 2.24) is 9.97 Å². The molecule has 0 spiro atoms. The Balaban J connectivity index is 1.63. The van der Waals surface area contributed by atoms with Crippen LogP contribution in [0.1, 0.15) is 17.9 Å². The van der Waals surface area contributed by atoms with Crippen molar-refractivity contribution in [1.29, 1.82) is 0 Å². The highest BCUT2D eigenvalue weighted by Gasteiger charge is 2.35. The summed E-state index contributed by atoms with van der Waals surface area (Å²) in [4.78, 5) is 46.9. The van der Waals surface area contributed by atoms with Crippen molar-refractivity contribution >= 4 is 29.3 Å². The molecule has 0 bridgehead atoms. The number of methoxy groups -OCH3 is 1. The first kappa shape index (κ1) is 18.9. The number of aromatic nitrogens is 2. The van der Waals surface area contributed by atoms with Gasteiger partial charge in [0.15, 0.2) is 0 Å². The molecule has 4 rings (SSSR count). The molecule has 1 fully saturated rings. The number of benzene rings is 1. The molecule has 1 aromatic carbocycles. The third kappa shape index (κ3) is 3.92. The normalized spacial score (nSPS) is 18.6. The molecule has 2 amide bonds. The average Bonchev–Trinajstić information content (AvgIpc) is 2.73. The first-order valence-corrected chi connectivity index (χ1v) is 9.27. The molecule has 0 aliphatic carbocycles. The zero-order valence-corrected chi connectivity index (χ0v) is 15.9. The average molecular weight is 399 g/mol. The van der Waals surface area contributed by atoms with Crippen LogP contribution < -0.4 is 25.8 Å². The number of nitrogens with one attached hydrogen (secondary N) is 3. The van der Waals surface area contributed by atoms with Gasteiger partial charge in [-0.15, -0.1) is 0 Å². The number of carbonyl (C=O) groups is 2. The van der Waals surface area contributed by atoms with E-state index in [0.29, 0.717) is 43.7 Å². The van der Waals surface area contributed by atoms with Gasteiger partial charge < -0.3 is 25.0 Å². The highest BCUT2D eigenvalue weighted by Crippen LogP contribution is 2.30. The lowest BCUT2D eigenvalue weighted by Crippen LogP contribution is -2.41. The maximum Gasteiger partial charge on any atom is 0.258 e. The van der Waals surface area contributed by atoms with Crippen molar-refractivity contribution in [2.24, 2.45) is 0 Å². The molecule has 2 aliphatic heterocycles. The zero-order valence-electron chi connectivity index (χ0n) is 15.9. The fourth-order valence-corrected chi connectivity index (χ4v) is 3.44. The van der Waals surface area contributed by atoms with E-state index in [2.05, 4.69) is 20.6 Å². The van der Waals surface area contributed by atoms with Crippen molar-refractivity contribution in [2.45, 2.75) is 12.3 Å². The number of rotatable bonds is 4. The van der Waals surface area contributed by atoms with E-state index in [4.69, 9.17) is 9.47 Å². The van der Waals surface area contributed by atoms with Crippen LogP contribution in [0.2, 0.25) is 0 Å². The van der Waals surface area contributed by atoms with Crippen LogP contribution in [0, 0.1) is 0 Å². The van der Waals surface area contributed by atoms with Crippen LogP contribution in [0.5, 0.6) is 5.75 Å². The minimum Gasteiger partial charge on any atom is -0.497 e. The monoisotopic (exact) mass is 399 g/mol. The quantitative estimate of drug-likeness (QED) is 0.690. The Morgan fingerprint density at radius 1 is 1.31 bits per heavy atom. The minimum atomic E-state index is -0.944. The number of fused-ring (bicyclic) bond motifs is 1. The molecule has 152 valence electrons. The summed E-state index contributed by atoms with van der Waals surface area (Å²) in [5.41, 5.74) is 0.223. The molecule has 2 aromatic rings. The molecule has 1 saturated heterocycles. The van der Waals surface area contributed by atoms with Crippen molar-refractivity contribution in [3.05, 3.63) is 40.2 Å². The molecule has 2 aliphatic rings. The second-order valence-corrected chi connectivity index (χ2v) is 6.78. The molecule has 3 N–H and O–H groups in total. The maximum atomic E-state index is 12.9. The second-order valence-electron chi connectivity index (χ2n) is 6.78. The number of H-pyrrole nitrogens is 1. The Hall–Kier alpha value is -3.40. The van der Waals surface area contributed by atoms with E-state index in [9.17, 15) is 14.4 Å². The number of amides is 2. The molecule has 1 atom stereocenters. The van der Waals surface area contributed by atoms with E-state index in [0.717, 1.165) is 0 Å². The summed E-state index contributed by atoms with van der Waals surface area (Å²) in [5.74, 6) is -0.710. The number of nitrogens with zero attached hydrogens (tertiary/aromatic N) is 2. The van der Waals surface area contributed by atoms with E-state index >= 15 is 0 Å². The van der Waals surface area contributed by atoms with Gasteiger partial charge in [0.1, 0.15) is 11.6 Å². The highest BCUT2D eigenvalue weighted by molar-refractivity contribution is 6.04. The molecule has 0 saturated carbocycles. The first-order chi connectivity index (χ1) is 14.0. The molecular weight excluding hydrogens is 378 g/mol. The van der Waals surface area contributed by atoms with Crippen molar-refractivity contribution in [3.63, 3.8) is 0 Å². The number of hydrogen-bond acceptors (Lipinski definition) is 7. The van der Waals surface area contributed by atoms with Gasteiger partial charge in [0.05, 0.1) is 31.8 Å². The Morgan fingerprint density at radius 2 is 2.10 bits per heavy atom. The van der Waals surface area contributed by atoms with Crippen LogP contribution in [-0.4, -0.2) is 55.2 Å². The lowest BCUT2D eigenvalue weighted by Gasteiger charge is -2.29. The molecular formula is C19H21N5O5. The summed E-state index contributed by atoms with van der Waals surface area (Å²) in [6.45, 7) is 2.21. The Morgan fingerprint density at radius 3 is 2.86 bits per heavy atom. The number of aromatic amines is 1. The molecule has 10 heteroatoms. The van der Waals surface area contributed by atoms with E-state index in [1.165, 1.54) is 7.11 Å². The largest absolute Gasteiger partial charge is 0.497 e. The molecule has 0 radical (unpaired) electrons. The topological polar surface area (TPSA) is 126 Å². The Labute approximate surface area is 166 Å². The SMILES string of the molecule is COc1cccc(NC(=O)[C@H]2CC(=O)Nc3nc(N4CCOCC4)[nH]c(=O)c32)c1. The molecule has 29 heavy (non-hydrogen) atoms. The van der Waals surface area contributed by atoms with E-state index in [1.807, 2.05) is 4.90 Å². The van der Waals surface area contributed by atoms with E-state index in [-0.39, 0.29) is 23.7 Å². The lowest BCUT2D eigenvalue weighted by molar-refractivity contribution is -0.123. The van der Waals surface area contributed by atoms with Crippen molar-refractivity contribution in [2.75, 3.05) is 48.9 Å². The van der Waals surface area contributed by atoms with Crippen LogP contribution in [0.3, 0.4) is 0 Å². The van der Waals surface area contributed by atoms with Gasteiger partial charge in [0.2, 0.25) is 17.8 Å².